The SMILES string of the molecule is COc1ccc2nc(C)cc(OC)c2c1C=O. The van der Waals surface area contributed by atoms with Crippen molar-refractivity contribution in [3.05, 3.63) is 29.5 Å². The first-order valence-electron chi connectivity index (χ1n) is 5.18. The van der Waals surface area contributed by atoms with E-state index in [-0.39, 0.29) is 0 Å². The van der Waals surface area contributed by atoms with Gasteiger partial charge in [-0.05, 0) is 19.1 Å². The molecule has 0 amide bonds. The number of methoxy groups -OCH3 is 2. The van der Waals surface area contributed by atoms with Crippen molar-refractivity contribution < 1.29 is 14.3 Å². The molecule has 4 nitrogen and oxygen atoms in total. The highest BCUT2D eigenvalue weighted by Crippen LogP contribution is 2.32. The van der Waals surface area contributed by atoms with Crippen molar-refractivity contribution in [1.82, 2.24) is 4.98 Å². The third kappa shape index (κ3) is 1.82. The van der Waals surface area contributed by atoms with Crippen LogP contribution in [0.3, 0.4) is 0 Å². The molecule has 0 unspecified atom stereocenters. The number of hydrogen-bond acceptors (Lipinski definition) is 4. The van der Waals surface area contributed by atoms with Crippen molar-refractivity contribution >= 4 is 17.2 Å². The van der Waals surface area contributed by atoms with E-state index in [0.29, 0.717) is 22.4 Å². The molecule has 0 atom stereocenters. The van der Waals surface area contributed by atoms with Crippen LogP contribution < -0.4 is 9.47 Å². The highest BCUT2D eigenvalue weighted by atomic mass is 16.5. The molecule has 0 saturated heterocycles. The van der Waals surface area contributed by atoms with Crippen LogP contribution in [0.1, 0.15) is 16.1 Å². The van der Waals surface area contributed by atoms with Gasteiger partial charge in [0.25, 0.3) is 0 Å². The summed E-state index contributed by atoms with van der Waals surface area (Å²) in [5.74, 6) is 1.16. The monoisotopic (exact) mass is 231 g/mol. The summed E-state index contributed by atoms with van der Waals surface area (Å²) in [6.07, 6.45) is 0.765. The van der Waals surface area contributed by atoms with Gasteiger partial charge >= 0.3 is 0 Å². The number of nitrogens with zero attached hydrogens (tertiary/aromatic N) is 1. The first-order valence-corrected chi connectivity index (χ1v) is 5.18. The smallest absolute Gasteiger partial charge is 0.154 e. The Balaban J connectivity index is 2.91. The second kappa shape index (κ2) is 4.41. The Morgan fingerprint density at radius 2 is 1.88 bits per heavy atom. The van der Waals surface area contributed by atoms with Crippen molar-refractivity contribution in [2.45, 2.75) is 6.92 Å². The third-order valence-electron chi connectivity index (χ3n) is 2.62. The lowest BCUT2D eigenvalue weighted by Gasteiger charge is -2.11. The Kier molecular flexibility index (Phi) is 2.95. The van der Waals surface area contributed by atoms with Gasteiger partial charge in [0, 0.05) is 11.8 Å². The lowest BCUT2D eigenvalue weighted by atomic mass is 10.1. The predicted molar refractivity (Wildman–Crippen MR) is 65.0 cm³/mol. The number of aryl methyl sites for hydroxylation is 1. The fourth-order valence-electron chi connectivity index (χ4n) is 1.88. The Morgan fingerprint density at radius 3 is 2.47 bits per heavy atom. The van der Waals surface area contributed by atoms with Gasteiger partial charge in [-0.2, -0.15) is 0 Å². The number of hydrogen-bond donors (Lipinski definition) is 0. The summed E-state index contributed by atoms with van der Waals surface area (Å²) in [6, 6.07) is 5.35. The third-order valence-corrected chi connectivity index (χ3v) is 2.62. The van der Waals surface area contributed by atoms with Crippen LogP contribution in [0.2, 0.25) is 0 Å². The zero-order valence-corrected chi connectivity index (χ0v) is 9.98. The van der Waals surface area contributed by atoms with Crippen molar-refractivity contribution in [1.29, 1.82) is 0 Å². The molecule has 0 saturated carbocycles. The van der Waals surface area contributed by atoms with Gasteiger partial charge in [0.1, 0.15) is 11.5 Å². The molecule has 1 aromatic carbocycles. The van der Waals surface area contributed by atoms with Gasteiger partial charge in [-0.3, -0.25) is 9.78 Å². The van der Waals surface area contributed by atoms with E-state index in [1.807, 2.05) is 13.0 Å². The number of aromatic nitrogens is 1. The fraction of sp³-hybridized carbons (Fsp3) is 0.231. The Bertz CT molecular complexity index is 578. The average molecular weight is 231 g/mol. The number of pyridine rings is 1. The molecule has 0 fully saturated rings. The number of rotatable bonds is 3. The molecule has 88 valence electrons. The van der Waals surface area contributed by atoms with Crippen LogP contribution in [0.5, 0.6) is 11.5 Å². The van der Waals surface area contributed by atoms with E-state index < -0.39 is 0 Å². The van der Waals surface area contributed by atoms with Gasteiger partial charge in [0.05, 0.1) is 30.7 Å². The van der Waals surface area contributed by atoms with E-state index >= 15 is 0 Å². The van der Waals surface area contributed by atoms with Crippen molar-refractivity contribution in [3.63, 3.8) is 0 Å². The van der Waals surface area contributed by atoms with E-state index in [9.17, 15) is 4.79 Å². The minimum absolute atomic E-state index is 0.467. The fourth-order valence-corrected chi connectivity index (χ4v) is 1.88. The minimum atomic E-state index is 0.467. The number of carbonyl (C=O) groups excluding carboxylic acids is 1. The normalized spacial score (nSPS) is 10.3. The Morgan fingerprint density at radius 1 is 1.18 bits per heavy atom. The molecule has 4 heteroatoms. The number of benzene rings is 1. The van der Waals surface area contributed by atoms with Gasteiger partial charge in [0.15, 0.2) is 6.29 Å². The van der Waals surface area contributed by atoms with Crippen LogP contribution in [0.15, 0.2) is 18.2 Å². The summed E-state index contributed by atoms with van der Waals surface area (Å²) in [5.41, 5.74) is 2.04. The second-order valence-electron chi connectivity index (χ2n) is 3.66. The molecular formula is C13H13NO3. The van der Waals surface area contributed by atoms with Crippen LogP contribution in [-0.2, 0) is 0 Å². The minimum Gasteiger partial charge on any atom is -0.496 e. The lowest BCUT2D eigenvalue weighted by Crippen LogP contribution is -1.97. The molecule has 2 rings (SSSR count). The topological polar surface area (TPSA) is 48.4 Å². The van der Waals surface area contributed by atoms with Crippen LogP contribution in [-0.4, -0.2) is 25.5 Å². The molecular weight excluding hydrogens is 218 g/mol. The lowest BCUT2D eigenvalue weighted by molar-refractivity contribution is 0.112. The molecule has 0 aliphatic rings. The number of aldehydes is 1. The Hall–Kier alpha value is -2.10. The summed E-state index contributed by atoms with van der Waals surface area (Å²) >= 11 is 0. The first kappa shape index (κ1) is 11.4. The molecule has 1 heterocycles. The quantitative estimate of drug-likeness (QED) is 0.761. The second-order valence-corrected chi connectivity index (χ2v) is 3.66. The maximum absolute atomic E-state index is 11.2. The van der Waals surface area contributed by atoms with E-state index in [4.69, 9.17) is 9.47 Å². The summed E-state index contributed by atoms with van der Waals surface area (Å²) in [6.45, 7) is 1.88. The van der Waals surface area contributed by atoms with E-state index in [0.717, 1.165) is 17.5 Å². The van der Waals surface area contributed by atoms with Gasteiger partial charge in [-0.25, -0.2) is 0 Å². The van der Waals surface area contributed by atoms with E-state index in [1.54, 1.807) is 19.2 Å². The summed E-state index contributed by atoms with van der Waals surface area (Å²) in [5, 5.41) is 0.687. The highest BCUT2D eigenvalue weighted by Gasteiger charge is 2.13. The van der Waals surface area contributed by atoms with Crippen LogP contribution in [0.4, 0.5) is 0 Å². The Labute approximate surface area is 99.2 Å². The molecule has 0 spiro atoms. The molecule has 0 bridgehead atoms. The first-order chi connectivity index (χ1) is 8.21. The molecule has 2 aromatic rings. The highest BCUT2D eigenvalue weighted by molar-refractivity contribution is 6.02. The number of carbonyl (C=O) groups is 1. The molecule has 0 aliphatic heterocycles. The van der Waals surface area contributed by atoms with Gasteiger partial charge in [0.2, 0.25) is 0 Å². The summed E-state index contributed by atoms with van der Waals surface area (Å²) in [7, 11) is 3.10. The maximum atomic E-state index is 11.2. The average Bonchev–Trinajstić information content (AvgIpc) is 2.36. The van der Waals surface area contributed by atoms with Crippen LogP contribution in [0, 0.1) is 6.92 Å². The molecule has 0 aliphatic carbocycles. The van der Waals surface area contributed by atoms with Gasteiger partial charge in [-0.15, -0.1) is 0 Å². The zero-order chi connectivity index (χ0) is 12.4. The van der Waals surface area contributed by atoms with Crippen molar-refractivity contribution in [2.24, 2.45) is 0 Å². The van der Waals surface area contributed by atoms with Gasteiger partial charge in [-0.1, -0.05) is 0 Å². The van der Waals surface area contributed by atoms with Crippen molar-refractivity contribution in [3.8, 4) is 11.5 Å². The maximum Gasteiger partial charge on any atom is 0.154 e. The van der Waals surface area contributed by atoms with Crippen LogP contribution in [0.25, 0.3) is 10.9 Å². The molecule has 17 heavy (non-hydrogen) atoms. The van der Waals surface area contributed by atoms with Crippen LogP contribution >= 0.6 is 0 Å². The van der Waals surface area contributed by atoms with Crippen molar-refractivity contribution in [2.75, 3.05) is 14.2 Å². The number of ether oxygens (including phenoxy) is 2. The molecule has 0 radical (unpaired) electrons. The molecule has 0 N–H and O–H groups in total. The standard InChI is InChI=1S/C13H13NO3/c1-8-6-12(17-3)13-9(7-15)11(16-2)5-4-10(13)14-8/h4-7H,1-3H3. The summed E-state index contributed by atoms with van der Waals surface area (Å²) < 4.78 is 10.5. The zero-order valence-electron chi connectivity index (χ0n) is 9.98. The largest absolute Gasteiger partial charge is 0.496 e. The number of fused-ring (bicyclic) bond motifs is 1. The van der Waals surface area contributed by atoms with Gasteiger partial charge < -0.3 is 9.47 Å². The van der Waals surface area contributed by atoms with E-state index in [1.165, 1.54) is 7.11 Å². The summed E-state index contributed by atoms with van der Waals surface area (Å²) in [4.78, 5) is 15.6. The molecule has 1 aromatic heterocycles. The predicted octanol–water partition coefficient (Wildman–Crippen LogP) is 2.37. The van der Waals surface area contributed by atoms with E-state index in [2.05, 4.69) is 4.98 Å².